The van der Waals surface area contributed by atoms with Crippen LogP contribution in [0.25, 0.3) is 0 Å². The number of benzene rings is 1. The van der Waals surface area contributed by atoms with Gasteiger partial charge in [-0.3, -0.25) is 0 Å². The second-order valence-electron chi connectivity index (χ2n) is 2.83. The van der Waals surface area contributed by atoms with Gasteiger partial charge in [-0.2, -0.15) is 0 Å². The Morgan fingerprint density at radius 3 is 2.67 bits per heavy atom. The van der Waals surface area contributed by atoms with Crippen LogP contribution in [-0.2, 0) is 13.0 Å². The lowest BCUT2D eigenvalue weighted by molar-refractivity contribution is 0.281. The first-order valence-corrected chi connectivity index (χ1v) is 4.95. The molecule has 1 rings (SSSR count). The number of hydrogen-bond acceptors (Lipinski definition) is 1. The molecule has 0 bridgehead atoms. The Bertz CT molecular complexity index is 258. The van der Waals surface area contributed by atoms with Gasteiger partial charge in [-0.05, 0) is 23.6 Å². The normalized spacial score (nSPS) is 10.2. The lowest BCUT2D eigenvalue weighted by Crippen LogP contribution is -1.88. The fourth-order valence-electron chi connectivity index (χ4n) is 1.16. The fraction of sp³-hybridized carbons (Fsp3) is 0.400. The number of halogens is 1. The SMILES string of the molecule is CCCc1ccc(CO)c(Br)c1. The second kappa shape index (κ2) is 4.63. The average Bonchev–Trinajstić information content (AvgIpc) is 2.05. The average molecular weight is 229 g/mol. The van der Waals surface area contributed by atoms with Crippen LogP contribution in [0.15, 0.2) is 22.7 Å². The zero-order chi connectivity index (χ0) is 8.97. The van der Waals surface area contributed by atoms with Crippen LogP contribution >= 0.6 is 15.9 Å². The molecule has 0 spiro atoms. The molecule has 1 aromatic rings. The van der Waals surface area contributed by atoms with Crippen molar-refractivity contribution < 1.29 is 5.11 Å². The summed E-state index contributed by atoms with van der Waals surface area (Å²) in [4.78, 5) is 0. The third kappa shape index (κ3) is 2.32. The Kier molecular flexibility index (Phi) is 3.76. The van der Waals surface area contributed by atoms with Gasteiger partial charge in [-0.25, -0.2) is 0 Å². The van der Waals surface area contributed by atoms with Gasteiger partial charge >= 0.3 is 0 Å². The molecule has 1 N–H and O–H groups in total. The standard InChI is InChI=1S/C10H13BrO/c1-2-3-8-4-5-9(7-12)10(11)6-8/h4-6,12H,2-3,7H2,1H3. The first-order valence-electron chi connectivity index (χ1n) is 4.16. The predicted octanol–water partition coefficient (Wildman–Crippen LogP) is 2.89. The summed E-state index contributed by atoms with van der Waals surface area (Å²) in [5.41, 5.74) is 2.27. The van der Waals surface area contributed by atoms with Gasteiger partial charge in [0.15, 0.2) is 0 Å². The van der Waals surface area contributed by atoms with E-state index in [-0.39, 0.29) is 6.61 Å². The minimum absolute atomic E-state index is 0.104. The van der Waals surface area contributed by atoms with Crippen LogP contribution in [0, 0.1) is 0 Å². The molecule has 0 saturated heterocycles. The van der Waals surface area contributed by atoms with Gasteiger partial charge in [-0.15, -0.1) is 0 Å². The van der Waals surface area contributed by atoms with E-state index < -0.39 is 0 Å². The number of aliphatic hydroxyl groups is 1. The van der Waals surface area contributed by atoms with Crippen LogP contribution in [-0.4, -0.2) is 5.11 Å². The Morgan fingerprint density at radius 2 is 2.17 bits per heavy atom. The van der Waals surface area contributed by atoms with E-state index in [1.165, 1.54) is 5.56 Å². The lowest BCUT2D eigenvalue weighted by Gasteiger charge is -2.03. The highest BCUT2D eigenvalue weighted by Gasteiger charge is 1.98. The summed E-state index contributed by atoms with van der Waals surface area (Å²) in [7, 11) is 0. The Labute approximate surface area is 81.6 Å². The van der Waals surface area contributed by atoms with Gasteiger partial charge in [0.2, 0.25) is 0 Å². The van der Waals surface area contributed by atoms with E-state index in [4.69, 9.17) is 5.11 Å². The summed E-state index contributed by atoms with van der Waals surface area (Å²) in [5, 5.41) is 8.91. The molecule has 2 heteroatoms. The van der Waals surface area contributed by atoms with E-state index in [0.29, 0.717) is 0 Å². The van der Waals surface area contributed by atoms with Gasteiger partial charge in [0.25, 0.3) is 0 Å². The zero-order valence-electron chi connectivity index (χ0n) is 7.18. The molecule has 0 unspecified atom stereocenters. The minimum atomic E-state index is 0.104. The molecular weight excluding hydrogens is 216 g/mol. The quantitative estimate of drug-likeness (QED) is 0.844. The maximum Gasteiger partial charge on any atom is 0.0692 e. The molecule has 0 aliphatic heterocycles. The molecule has 0 aliphatic carbocycles. The van der Waals surface area contributed by atoms with Crippen molar-refractivity contribution in [2.45, 2.75) is 26.4 Å². The third-order valence-electron chi connectivity index (χ3n) is 1.83. The smallest absolute Gasteiger partial charge is 0.0692 e. The molecular formula is C10H13BrO. The Balaban J connectivity index is 2.86. The molecule has 0 aromatic heterocycles. The summed E-state index contributed by atoms with van der Waals surface area (Å²) in [6.07, 6.45) is 2.26. The molecule has 0 atom stereocenters. The third-order valence-corrected chi connectivity index (χ3v) is 2.56. The van der Waals surface area contributed by atoms with Crippen LogP contribution in [0.5, 0.6) is 0 Å². The molecule has 66 valence electrons. The van der Waals surface area contributed by atoms with Gasteiger partial charge in [0.1, 0.15) is 0 Å². The summed E-state index contributed by atoms with van der Waals surface area (Å²) >= 11 is 3.42. The Morgan fingerprint density at radius 1 is 1.42 bits per heavy atom. The molecule has 0 radical (unpaired) electrons. The van der Waals surface area contributed by atoms with Crippen molar-refractivity contribution in [2.24, 2.45) is 0 Å². The number of aliphatic hydroxyl groups excluding tert-OH is 1. The summed E-state index contributed by atoms with van der Waals surface area (Å²) < 4.78 is 1.01. The second-order valence-corrected chi connectivity index (χ2v) is 3.69. The summed E-state index contributed by atoms with van der Waals surface area (Å²) in [5.74, 6) is 0. The Hall–Kier alpha value is -0.340. The summed E-state index contributed by atoms with van der Waals surface area (Å²) in [6.45, 7) is 2.26. The zero-order valence-corrected chi connectivity index (χ0v) is 8.76. The van der Waals surface area contributed by atoms with Crippen molar-refractivity contribution in [3.8, 4) is 0 Å². The van der Waals surface area contributed by atoms with Crippen LogP contribution in [0.3, 0.4) is 0 Å². The summed E-state index contributed by atoms with van der Waals surface area (Å²) in [6, 6.07) is 6.12. The van der Waals surface area contributed by atoms with E-state index in [1.807, 2.05) is 6.07 Å². The van der Waals surface area contributed by atoms with Gasteiger partial charge < -0.3 is 5.11 Å². The van der Waals surface area contributed by atoms with Crippen molar-refractivity contribution in [3.63, 3.8) is 0 Å². The van der Waals surface area contributed by atoms with Crippen molar-refractivity contribution in [1.29, 1.82) is 0 Å². The maximum absolute atomic E-state index is 8.91. The van der Waals surface area contributed by atoms with Crippen molar-refractivity contribution in [3.05, 3.63) is 33.8 Å². The van der Waals surface area contributed by atoms with Crippen molar-refractivity contribution >= 4 is 15.9 Å². The number of hydrogen-bond donors (Lipinski definition) is 1. The molecule has 0 fully saturated rings. The highest BCUT2D eigenvalue weighted by Crippen LogP contribution is 2.19. The first-order chi connectivity index (χ1) is 5.77. The van der Waals surface area contributed by atoms with E-state index in [0.717, 1.165) is 22.9 Å². The first kappa shape index (κ1) is 9.75. The van der Waals surface area contributed by atoms with E-state index in [1.54, 1.807) is 0 Å². The molecule has 0 saturated carbocycles. The van der Waals surface area contributed by atoms with Gasteiger partial charge in [-0.1, -0.05) is 41.4 Å². The lowest BCUT2D eigenvalue weighted by atomic mass is 10.1. The fourth-order valence-corrected chi connectivity index (χ4v) is 1.71. The molecule has 12 heavy (non-hydrogen) atoms. The molecule has 0 heterocycles. The predicted molar refractivity (Wildman–Crippen MR) is 54.1 cm³/mol. The van der Waals surface area contributed by atoms with Crippen LogP contribution in [0.4, 0.5) is 0 Å². The van der Waals surface area contributed by atoms with E-state index in [2.05, 4.69) is 35.0 Å². The van der Waals surface area contributed by atoms with Crippen molar-refractivity contribution in [1.82, 2.24) is 0 Å². The molecule has 1 aromatic carbocycles. The minimum Gasteiger partial charge on any atom is -0.392 e. The van der Waals surface area contributed by atoms with Crippen LogP contribution in [0.1, 0.15) is 24.5 Å². The van der Waals surface area contributed by atoms with Crippen LogP contribution < -0.4 is 0 Å². The largest absolute Gasteiger partial charge is 0.392 e. The molecule has 0 amide bonds. The topological polar surface area (TPSA) is 20.2 Å². The van der Waals surface area contributed by atoms with E-state index >= 15 is 0 Å². The van der Waals surface area contributed by atoms with Crippen molar-refractivity contribution in [2.75, 3.05) is 0 Å². The van der Waals surface area contributed by atoms with Gasteiger partial charge in [0.05, 0.1) is 6.61 Å². The number of rotatable bonds is 3. The van der Waals surface area contributed by atoms with Crippen LogP contribution in [0.2, 0.25) is 0 Å². The number of aryl methyl sites for hydroxylation is 1. The highest BCUT2D eigenvalue weighted by molar-refractivity contribution is 9.10. The van der Waals surface area contributed by atoms with Gasteiger partial charge in [0, 0.05) is 4.47 Å². The molecule has 1 nitrogen and oxygen atoms in total. The maximum atomic E-state index is 8.91. The van der Waals surface area contributed by atoms with E-state index in [9.17, 15) is 0 Å². The molecule has 0 aliphatic rings. The highest BCUT2D eigenvalue weighted by atomic mass is 79.9. The monoisotopic (exact) mass is 228 g/mol.